The van der Waals surface area contributed by atoms with Gasteiger partial charge in [0.15, 0.2) is 0 Å². The van der Waals surface area contributed by atoms with Crippen LogP contribution < -0.4 is 10.6 Å². The van der Waals surface area contributed by atoms with Gasteiger partial charge in [-0.1, -0.05) is 6.92 Å². The first kappa shape index (κ1) is 8.02. The Kier molecular flexibility index (Phi) is 2.32. The average Bonchev–Trinajstić information content (AvgIpc) is 1.86. The number of rotatable bonds is 1. The van der Waals surface area contributed by atoms with E-state index in [4.69, 9.17) is 0 Å². The van der Waals surface area contributed by atoms with E-state index in [1.165, 1.54) is 6.42 Å². The minimum atomic E-state index is 0.291. The molecule has 60 valence electrons. The van der Waals surface area contributed by atoms with E-state index in [1.54, 1.807) is 0 Å². The highest BCUT2D eigenvalue weighted by atomic mass is 15.1. The van der Waals surface area contributed by atoms with E-state index in [9.17, 15) is 0 Å². The maximum atomic E-state index is 3.58. The molecule has 2 heteroatoms. The van der Waals surface area contributed by atoms with Crippen molar-refractivity contribution in [2.75, 3.05) is 13.1 Å². The Hall–Kier alpha value is -0.0800. The normalized spacial score (nSPS) is 32.1. The molecule has 0 amide bonds. The number of hydrogen-bond donors (Lipinski definition) is 2. The summed E-state index contributed by atoms with van der Waals surface area (Å²) in [6.45, 7) is 8.91. The Bertz CT molecular complexity index is 110. The Morgan fingerprint density at radius 1 is 1.50 bits per heavy atom. The zero-order valence-electron chi connectivity index (χ0n) is 7.20. The summed E-state index contributed by atoms with van der Waals surface area (Å²) in [5.74, 6) is 0. The molecule has 0 saturated carbocycles. The van der Waals surface area contributed by atoms with Crippen LogP contribution >= 0.6 is 0 Å². The number of nitrogens with one attached hydrogen (secondary N) is 2. The van der Waals surface area contributed by atoms with Gasteiger partial charge in [-0.25, -0.2) is 0 Å². The molecule has 0 aromatic rings. The van der Waals surface area contributed by atoms with Crippen LogP contribution in [0.1, 0.15) is 27.2 Å². The Morgan fingerprint density at radius 2 is 2.20 bits per heavy atom. The highest BCUT2D eigenvalue weighted by molar-refractivity contribution is 4.89. The minimum absolute atomic E-state index is 0.291. The van der Waals surface area contributed by atoms with Crippen LogP contribution in [0, 0.1) is 0 Å². The lowest BCUT2D eigenvalue weighted by atomic mass is 9.99. The van der Waals surface area contributed by atoms with Crippen molar-refractivity contribution in [3.05, 3.63) is 0 Å². The molecule has 1 aliphatic rings. The molecule has 1 saturated heterocycles. The van der Waals surface area contributed by atoms with Gasteiger partial charge in [-0.15, -0.1) is 0 Å². The maximum Gasteiger partial charge on any atom is 0.0252 e. The van der Waals surface area contributed by atoms with E-state index < -0.39 is 0 Å². The van der Waals surface area contributed by atoms with Gasteiger partial charge in [0.05, 0.1) is 0 Å². The standard InChI is InChI=1S/C8H18N2/c1-4-7-5-9-6-8(2,3)10-7/h7,9-10H,4-6H2,1-3H3/t7-/m1/s1. The lowest BCUT2D eigenvalue weighted by Crippen LogP contribution is -2.60. The van der Waals surface area contributed by atoms with E-state index in [1.807, 2.05) is 0 Å². The Labute approximate surface area is 63.4 Å². The van der Waals surface area contributed by atoms with E-state index in [-0.39, 0.29) is 0 Å². The van der Waals surface area contributed by atoms with Crippen molar-refractivity contribution in [1.82, 2.24) is 10.6 Å². The zero-order valence-corrected chi connectivity index (χ0v) is 7.20. The fourth-order valence-corrected chi connectivity index (χ4v) is 1.46. The molecule has 1 heterocycles. The van der Waals surface area contributed by atoms with Crippen molar-refractivity contribution in [3.63, 3.8) is 0 Å². The topological polar surface area (TPSA) is 24.1 Å². The fraction of sp³-hybridized carbons (Fsp3) is 1.00. The largest absolute Gasteiger partial charge is 0.313 e. The molecule has 1 fully saturated rings. The predicted molar refractivity (Wildman–Crippen MR) is 44.2 cm³/mol. The van der Waals surface area contributed by atoms with Crippen molar-refractivity contribution in [2.24, 2.45) is 0 Å². The molecular formula is C8H18N2. The van der Waals surface area contributed by atoms with Gasteiger partial charge in [-0.2, -0.15) is 0 Å². The third kappa shape index (κ3) is 1.96. The van der Waals surface area contributed by atoms with Crippen molar-refractivity contribution in [2.45, 2.75) is 38.8 Å². The maximum absolute atomic E-state index is 3.58. The zero-order chi connectivity index (χ0) is 7.61. The second-order valence-corrected chi connectivity index (χ2v) is 3.76. The van der Waals surface area contributed by atoms with E-state index >= 15 is 0 Å². The molecule has 0 unspecified atom stereocenters. The van der Waals surface area contributed by atoms with Crippen LogP contribution in [0.25, 0.3) is 0 Å². The quantitative estimate of drug-likeness (QED) is 0.564. The van der Waals surface area contributed by atoms with E-state index in [0.29, 0.717) is 11.6 Å². The highest BCUT2D eigenvalue weighted by Gasteiger charge is 2.24. The van der Waals surface area contributed by atoms with Crippen LogP contribution in [0.15, 0.2) is 0 Å². The van der Waals surface area contributed by atoms with Gasteiger partial charge < -0.3 is 10.6 Å². The van der Waals surface area contributed by atoms with E-state index in [0.717, 1.165) is 13.1 Å². The van der Waals surface area contributed by atoms with Crippen LogP contribution in [0.5, 0.6) is 0 Å². The molecule has 0 bridgehead atoms. The molecule has 1 atom stereocenters. The van der Waals surface area contributed by atoms with Gasteiger partial charge in [0, 0.05) is 24.7 Å². The van der Waals surface area contributed by atoms with Crippen LogP contribution in [0.4, 0.5) is 0 Å². The summed E-state index contributed by atoms with van der Waals surface area (Å²) in [6, 6.07) is 0.670. The molecule has 10 heavy (non-hydrogen) atoms. The molecule has 0 aromatic heterocycles. The van der Waals surface area contributed by atoms with Gasteiger partial charge in [0.2, 0.25) is 0 Å². The van der Waals surface area contributed by atoms with Crippen LogP contribution in [-0.2, 0) is 0 Å². The molecule has 0 radical (unpaired) electrons. The summed E-state index contributed by atoms with van der Waals surface area (Å²) >= 11 is 0. The molecule has 2 nitrogen and oxygen atoms in total. The van der Waals surface area contributed by atoms with Gasteiger partial charge in [0.1, 0.15) is 0 Å². The lowest BCUT2D eigenvalue weighted by molar-refractivity contribution is 0.258. The summed E-state index contributed by atoms with van der Waals surface area (Å²) in [4.78, 5) is 0. The molecule has 1 aliphatic heterocycles. The molecule has 1 rings (SSSR count). The summed E-state index contributed by atoms with van der Waals surface area (Å²) in [7, 11) is 0. The van der Waals surface area contributed by atoms with Crippen LogP contribution in [0.2, 0.25) is 0 Å². The molecule has 0 aliphatic carbocycles. The monoisotopic (exact) mass is 142 g/mol. The first-order valence-electron chi connectivity index (χ1n) is 4.12. The number of hydrogen-bond acceptors (Lipinski definition) is 2. The van der Waals surface area contributed by atoms with Crippen molar-refractivity contribution >= 4 is 0 Å². The van der Waals surface area contributed by atoms with Gasteiger partial charge >= 0.3 is 0 Å². The second kappa shape index (κ2) is 2.89. The number of piperazine rings is 1. The SMILES string of the molecule is CC[C@@H]1CNCC(C)(C)N1. The average molecular weight is 142 g/mol. The lowest BCUT2D eigenvalue weighted by Gasteiger charge is -2.37. The van der Waals surface area contributed by atoms with E-state index in [2.05, 4.69) is 31.4 Å². The Morgan fingerprint density at radius 3 is 2.60 bits per heavy atom. The third-order valence-electron chi connectivity index (χ3n) is 2.05. The minimum Gasteiger partial charge on any atom is -0.313 e. The summed E-state index contributed by atoms with van der Waals surface area (Å²) in [5.41, 5.74) is 0.291. The predicted octanol–water partition coefficient (Wildman–Crippen LogP) is 0.736. The van der Waals surface area contributed by atoms with Crippen LogP contribution in [-0.4, -0.2) is 24.7 Å². The van der Waals surface area contributed by atoms with Crippen LogP contribution in [0.3, 0.4) is 0 Å². The molecule has 0 aromatic carbocycles. The molecule has 0 spiro atoms. The third-order valence-corrected chi connectivity index (χ3v) is 2.05. The highest BCUT2D eigenvalue weighted by Crippen LogP contribution is 2.07. The van der Waals surface area contributed by atoms with Gasteiger partial charge in [0.25, 0.3) is 0 Å². The first-order chi connectivity index (χ1) is 4.64. The summed E-state index contributed by atoms with van der Waals surface area (Å²) in [6.07, 6.45) is 1.22. The fourth-order valence-electron chi connectivity index (χ4n) is 1.46. The summed E-state index contributed by atoms with van der Waals surface area (Å²) < 4.78 is 0. The van der Waals surface area contributed by atoms with Gasteiger partial charge in [-0.3, -0.25) is 0 Å². The smallest absolute Gasteiger partial charge is 0.0252 e. The Balaban J connectivity index is 2.40. The molecular weight excluding hydrogens is 124 g/mol. The molecule has 2 N–H and O–H groups in total. The van der Waals surface area contributed by atoms with Crippen molar-refractivity contribution in [1.29, 1.82) is 0 Å². The van der Waals surface area contributed by atoms with Gasteiger partial charge in [-0.05, 0) is 20.3 Å². The first-order valence-corrected chi connectivity index (χ1v) is 4.12. The second-order valence-electron chi connectivity index (χ2n) is 3.76. The van der Waals surface area contributed by atoms with Crippen molar-refractivity contribution < 1.29 is 0 Å². The van der Waals surface area contributed by atoms with Crippen molar-refractivity contribution in [3.8, 4) is 0 Å². The summed E-state index contributed by atoms with van der Waals surface area (Å²) in [5, 5.41) is 6.99.